The molecule has 1 aliphatic rings. The Kier molecular flexibility index (Phi) is 4.92. The summed E-state index contributed by atoms with van der Waals surface area (Å²) in [7, 11) is -1.12. The summed E-state index contributed by atoms with van der Waals surface area (Å²) in [6.45, 7) is 6.85. The highest BCUT2D eigenvalue weighted by atomic mass is 32.2. The Hall–Kier alpha value is -1.47. The van der Waals surface area contributed by atoms with E-state index in [-0.39, 0.29) is 12.0 Å². The van der Waals surface area contributed by atoms with Gasteiger partial charge in [0.25, 0.3) is 0 Å². The number of aromatic nitrogens is 1. The van der Waals surface area contributed by atoms with Crippen molar-refractivity contribution in [2.75, 3.05) is 18.8 Å². The predicted molar refractivity (Wildman–Crippen MR) is 96.8 cm³/mol. The second-order valence-electron chi connectivity index (χ2n) is 7.04. The summed E-state index contributed by atoms with van der Waals surface area (Å²) >= 11 is 1.49. The van der Waals surface area contributed by atoms with Crippen LogP contribution in [-0.4, -0.2) is 44.6 Å². The number of rotatable bonds is 3. The second-order valence-corrected chi connectivity index (χ2v) is 9.74. The first-order valence-electron chi connectivity index (χ1n) is 8.04. The molecule has 1 amide bonds. The monoisotopic (exact) mass is 366 g/mol. The van der Waals surface area contributed by atoms with Gasteiger partial charge >= 0.3 is 6.09 Å². The largest absolute Gasteiger partial charge is 0.444 e. The fourth-order valence-electron chi connectivity index (χ4n) is 2.69. The van der Waals surface area contributed by atoms with Gasteiger partial charge in [0.05, 0.1) is 21.0 Å². The molecular weight excluding hydrogens is 344 g/mol. The number of carbonyl (C=O) groups is 1. The Balaban J connectivity index is 1.59. The highest BCUT2D eigenvalue weighted by Crippen LogP contribution is 2.27. The van der Waals surface area contributed by atoms with Crippen molar-refractivity contribution in [1.82, 2.24) is 9.88 Å². The first-order chi connectivity index (χ1) is 11.3. The quantitative estimate of drug-likeness (QED) is 0.832. The van der Waals surface area contributed by atoms with Gasteiger partial charge in [0.1, 0.15) is 5.60 Å². The number of benzene rings is 1. The molecule has 3 rings (SSSR count). The van der Waals surface area contributed by atoms with Crippen molar-refractivity contribution in [1.29, 1.82) is 0 Å². The van der Waals surface area contributed by atoms with Gasteiger partial charge in [0.2, 0.25) is 0 Å². The van der Waals surface area contributed by atoms with Gasteiger partial charge in [-0.1, -0.05) is 12.1 Å². The number of para-hydroxylation sites is 1. The van der Waals surface area contributed by atoms with Gasteiger partial charge in [-0.2, -0.15) is 0 Å². The number of hydrogen-bond acceptors (Lipinski definition) is 5. The van der Waals surface area contributed by atoms with E-state index >= 15 is 0 Å². The lowest BCUT2D eigenvalue weighted by atomic mass is 10.2. The average molecular weight is 367 g/mol. The van der Waals surface area contributed by atoms with Crippen molar-refractivity contribution in [2.24, 2.45) is 5.92 Å². The van der Waals surface area contributed by atoms with E-state index in [0.717, 1.165) is 16.6 Å². The van der Waals surface area contributed by atoms with Crippen molar-refractivity contribution in [3.8, 4) is 0 Å². The molecule has 2 atom stereocenters. The molecule has 2 heterocycles. The molecule has 0 bridgehead atoms. The molecule has 0 saturated carbocycles. The molecule has 5 nitrogen and oxygen atoms in total. The van der Waals surface area contributed by atoms with Gasteiger partial charge in [-0.15, -0.1) is 11.3 Å². The van der Waals surface area contributed by atoms with E-state index in [1.807, 2.05) is 45.0 Å². The van der Waals surface area contributed by atoms with Crippen molar-refractivity contribution >= 4 is 38.4 Å². The van der Waals surface area contributed by atoms with Crippen LogP contribution in [0.25, 0.3) is 10.2 Å². The summed E-state index contributed by atoms with van der Waals surface area (Å²) in [4.78, 5) is 18.3. The number of nitrogens with zero attached hydrogens (tertiary/aromatic N) is 2. The number of amides is 1. The maximum absolute atomic E-state index is 12.6. The van der Waals surface area contributed by atoms with Crippen LogP contribution < -0.4 is 0 Å². The zero-order valence-corrected chi connectivity index (χ0v) is 15.8. The fraction of sp³-hybridized carbons (Fsp3) is 0.529. The van der Waals surface area contributed by atoms with Crippen LogP contribution in [0.1, 0.15) is 27.2 Å². The molecule has 1 aromatic heterocycles. The van der Waals surface area contributed by atoms with Gasteiger partial charge in [-0.3, -0.25) is 4.21 Å². The van der Waals surface area contributed by atoms with Crippen molar-refractivity contribution in [3.05, 3.63) is 24.3 Å². The summed E-state index contributed by atoms with van der Waals surface area (Å²) < 4.78 is 19.7. The van der Waals surface area contributed by atoms with Crippen LogP contribution in [0.2, 0.25) is 0 Å². The maximum Gasteiger partial charge on any atom is 0.410 e. The fourth-order valence-corrected chi connectivity index (χ4v) is 5.28. The van der Waals surface area contributed by atoms with E-state index in [2.05, 4.69) is 4.98 Å². The van der Waals surface area contributed by atoms with Gasteiger partial charge < -0.3 is 9.64 Å². The minimum Gasteiger partial charge on any atom is -0.444 e. The third-order valence-corrected chi connectivity index (χ3v) is 6.69. The molecule has 2 aromatic rings. The van der Waals surface area contributed by atoms with E-state index < -0.39 is 16.4 Å². The predicted octanol–water partition coefficient (Wildman–Crippen LogP) is 3.66. The van der Waals surface area contributed by atoms with Crippen LogP contribution in [0.5, 0.6) is 0 Å². The van der Waals surface area contributed by atoms with E-state index in [9.17, 15) is 9.00 Å². The first-order valence-corrected chi connectivity index (χ1v) is 10.2. The Morgan fingerprint density at radius 3 is 2.88 bits per heavy atom. The number of thiazole rings is 1. The van der Waals surface area contributed by atoms with Gasteiger partial charge in [0, 0.05) is 18.8 Å². The Labute approximate surface area is 148 Å². The van der Waals surface area contributed by atoms with Crippen LogP contribution in [0.3, 0.4) is 0 Å². The Morgan fingerprint density at radius 1 is 1.42 bits per heavy atom. The minimum absolute atomic E-state index is 0.227. The molecule has 24 heavy (non-hydrogen) atoms. The topological polar surface area (TPSA) is 59.5 Å². The average Bonchev–Trinajstić information content (AvgIpc) is 3.11. The molecule has 1 saturated heterocycles. The van der Waals surface area contributed by atoms with Gasteiger partial charge in [0.15, 0.2) is 4.34 Å². The Morgan fingerprint density at radius 2 is 2.17 bits per heavy atom. The van der Waals surface area contributed by atoms with Crippen LogP contribution in [-0.2, 0) is 15.5 Å². The molecule has 0 spiro atoms. The molecule has 0 radical (unpaired) electrons. The number of ether oxygens (including phenoxy) is 1. The summed E-state index contributed by atoms with van der Waals surface area (Å²) in [6.07, 6.45) is 0.575. The van der Waals surface area contributed by atoms with Crippen LogP contribution >= 0.6 is 11.3 Å². The smallest absolute Gasteiger partial charge is 0.410 e. The number of carbonyl (C=O) groups excluding carboxylic acids is 1. The highest BCUT2D eigenvalue weighted by Gasteiger charge is 2.31. The van der Waals surface area contributed by atoms with E-state index in [0.29, 0.717) is 23.2 Å². The lowest BCUT2D eigenvalue weighted by molar-refractivity contribution is 0.0289. The molecule has 1 aliphatic heterocycles. The van der Waals surface area contributed by atoms with Crippen molar-refractivity contribution in [3.63, 3.8) is 0 Å². The lowest BCUT2D eigenvalue weighted by Gasteiger charge is -2.24. The van der Waals surface area contributed by atoms with Gasteiger partial charge in [-0.25, -0.2) is 9.78 Å². The maximum atomic E-state index is 12.6. The number of fused-ring (bicyclic) bond motifs is 1. The highest BCUT2D eigenvalue weighted by molar-refractivity contribution is 7.87. The number of hydrogen-bond donors (Lipinski definition) is 0. The van der Waals surface area contributed by atoms with Gasteiger partial charge in [-0.05, 0) is 45.2 Å². The van der Waals surface area contributed by atoms with Crippen molar-refractivity contribution in [2.45, 2.75) is 37.1 Å². The molecule has 1 fully saturated rings. The van der Waals surface area contributed by atoms with Crippen LogP contribution in [0.15, 0.2) is 28.6 Å². The first kappa shape index (κ1) is 17.4. The third-order valence-electron chi connectivity index (χ3n) is 3.79. The van der Waals surface area contributed by atoms with E-state index in [4.69, 9.17) is 4.74 Å². The summed E-state index contributed by atoms with van der Waals surface area (Å²) in [5.74, 6) is 0.768. The molecule has 0 unspecified atom stereocenters. The molecular formula is C17H22N2O3S2. The lowest BCUT2D eigenvalue weighted by Crippen LogP contribution is -2.35. The summed E-state index contributed by atoms with van der Waals surface area (Å²) in [6, 6.07) is 7.83. The molecule has 1 aromatic carbocycles. The zero-order valence-electron chi connectivity index (χ0n) is 14.2. The standard InChI is InChI=1S/C17H22N2O3S2/c1-17(2,3)22-16(20)19-9-8-12(10-19)11-24(21)15-18-13-6-4-5-7-14(13)23-15/h4-7,12H,8-11H2,1-3H3/t12-,24-/m0/s1. The Bertz CT molecular complexity index is 734. The number of likely N-dealkylation sites (tertiary alicyclic amines) is 1. The summed E-state index contributed by atoms with van der Waals surface area (Å²) in [5, 5.41) is 0. The second kappa shape index (κ2) is 6.80. The zero-order chi connectivity index (χ0) is 17.3. The molecule has 130 valence electrons. The summed E-state index contributed by atoms with van der Waals surface area (Å²) in [5.41, 5.74) is 0.409. The SMILES string of the molecule is CC(C)(C)OC(=O)N1CC[C@H](C[S@](=O)c2nc3ccccc3s2)C1. The molecule has 0 N–H and O–H groups in total. The van der Waals surface area contributed by atoms with Crippen molar-refractivity contribution < 1.29 is 13.7 Å². The normalized spacial score (nSPS) is 19.6. The van der Waals surface area contributed by atoms with Crippen LogP contribution in [0, 0.1) is 5.92 Å². The third kappa shape index (κ3) is 4.13. The molecule has 7 heteroatoms. The van der Waals surface area contributed by atoms with Crippen LogP contribution in [0.4, 0.5) is 4.79 Å². The van der Waals surface area contributed by atoms with E-state index in [1.165, 1.54) is 11.3 Å². The molecule has 0 aliphatic carbocycles. The van der Waals surface area contributed by atoms with E-state index in [1.54, 1.807) is 4.90 Å². The minimum atomic E-state index is -1.12.